The number of allylic oxidation sites excluding steroid dienone is 2. The summed E-state index contributed by atoms with van der Waals surface area (Å²) >= 11 is 5.67. The molecule has 2 rings (SSSR count). The largest absolute Gasteiger partial charge is 0.375 e. The van der Waals surface area contributed by atoms with Gasteiger partial charge in [-0.25, -0.2) is 0 Å². The molecule has 0 saturated carbocycles. The van der Waals surface area contributed by atoms with Crippen molar-refractivity contribution in [3.63, 3.8) is 0 Å². The maximum atomic E-state index is 11.6. The zero-order valence-electron chi connectivity index (χ0n) is 11.9. The van der Waals surface area contributed by atoms with Gasteiger partial charge >= 0.3 is 0 Å². The zero-order chi connectivity index (χ0) is 15.1. The summed E-state index contributed by atoms with van der Waals surface area (Å²) in [7, 11) is 0. The van der Waals surface area contributed by atoms with E-state index in [1.54, 1.807) is 0 Å². The maximum Gasteiger partial charge on any atom is 0.267 e. The molecule has 1 N–H and O–H groups in total. The number of nitrogens with one attached hydrogen (secondary N) is 1. The highest BCUT2D eigenvalue weighted by molar-refractivity contribution is 6.67. The standard InChI is InChI=1S/C18H18ClNO/c1-14(16-10-6-3-7-11-16)20-17(18(19)21)13-12-15-8-4-2-5-9-15/h2-11,13-14,20H,12H2,1H3/b17-13-/t14-/m1/s1. The van der Waals surface area contributed by atoms with Crippen LogP contribution in [0.4, 0.5) is 0 Å². The van der Waals surface area contributed by atoms with Gasteiger partial charge in [-0.3, -0.25) is 4.79 Å². The summed E-state index contributed by atoms with van der Waals surface area (Å²) in [6.07, 6.45) is 2.51. The molecule has 0 aliphatic carbocycles. The first kappa shape index (κ1) is 15.3. The van der Waals surface area contributed by atoms with Crippen LogP contribution in [0.3, 0.4) is 0 Å². The predicted octanol–water partition coefficient (Wildman–Crippen LogP) is 4.23. The van der Waals surface area contributed by atoms with E-state index in [1.165, 1.54) is 0 Å². The molecule has 0 aromatic heterocycles. The molecule has 0 radical (unpaired) electrons. The van der Waals surface area contributed by atoms with Gasteiger partial charge in [-0.05, 0) is 36.1 Å². The smallest absolute Gasteiger partial charge is 0.267 e. The van der Waals surface area contributed by atoms with Crippen LogP contribution in [0.5, 0.6) is 0 Å². The van der Waals surface area contributed by atoms with Crippen LogP contribution >= 0.6 is 11.6 Å². The number of hydrogen-bond acceptors (Lipinski definition) is 2. The fourth-order valence-corrected chi connectivity index (χ4v) is 2.22. The van der Waals surface area contributed by atoms with E-state index >= 15 is 0 Å². The second-order valence-corrected chi connectivity index (χ2v) is 5.20. The predicted molar refractivity (Wildman–Crippen MR) is 87.1 cm³/mol. The fraction of sp³-hybridized carbons (Fsp3) is 0.167. The van der Waals surface area contributed by atoms with Gasteiger partial charge in [-0.2, -0.15) is 0 Å². The summed E-state index contributed by atoms with van der Waals surface area (Å²) in [5.74, 6) is 0. The molecule has 0 saturated heterocycles. The number of hydrogen-bond donors (Lipinski definition) is 1. The van der Waals surface area contributed by atoms with E-state index in [4.69, 9.17) is 11.6 Å². The van der Waals surface area contributed by atoms with E-state index in [1.807, 2.05) is 73.7 Å². The Labute approximate surface area is 130 Å². The quantitative estimate of drug-likeness (QED) is 0.639. The molecule has 2 aromatic carbocycles. The molecule has 0 fully saturated rings. The van der Waals surface area contributed by atoms with Crippen LogP contribution in [0.2, 0.25) is 0 Å². The molecule has 0 aliphatic heterocycles. The minimum atomic E-state index is -0.464. The van der Waals surface area contributed by atoms with Gasteiger partial charge in [-0.1, -0.05) is 66.7 Å². The van der Waals surface area contributed by atoms with Crippen molar-refractivity contribution in [2.24, 2.45) is 0 Å². The molecule has 2 nitrogen and oxygen atoms in total. The summed E-state index contributed by atoms with van der Waals surface area (Å²) in [6.45, 7) is 2.01. The van der Waals surface area contributed by atoms with E-state index in [-0.39, 0.29) is 6.04 Å². The average molecular weight is 300 g/mol. The average Bonchev–Trinajstić information content (AvgIpc) is 2.52. The van der Waals surface area contributed by atoms with Crippen molar-refractivity contribution < 1.29 is 4.79 Å². The zero-order valence-corrected chi connectivity index (χ0v) is 12.7. The van der Waals surface area contributed by atoms with Gasteiger partial charge in [0.25, 0.3) is 5.24 Å². The van der Waals surface area contributed by atoms with Gasteiger partial charge in [0.15, 0.2) is 0 Å². The number of carbonyl (C=O) groups is 1. The summed E-state index contributed by atoms with van der Waals surface area (Å²) in [4.78, 5) is 11.6. The van der Waals surface area contributed by atoms with Crippen molar-refractivity contribution in [3.05, 3.63) is 83.6 Å². The highest BCUT2D eigenvalue weighted by atomic mass is 35.5. The number of benzene rings is 2. The Bertz CT molecular complexity index is 608. The Morgan fingerprint density at radius 2 is 1.67 bits per heavy atom. The van der Waals surface area contributed by atoms with Gasteiger partial charge in [0.2, 0.25) is 0 Å². The molecule has 3 heteroatoms. The highest BCUT2D eigenvalue weighted by Gasteiger charge is 2.11. The van der Waals surface area contributed by atoms with Crippen LogP contribution < -0.4 is 5.32 Å². The van der Waals surface area contributed by atoms with Crippen LogP contribution in [0.1, 0.15) is 24.1 Å². The van der Waals surface area contributed by atoms with E-state index in [0.29, 0.717) is 12.1 Å². The lowest BCUT2D eigenvalue weighted by molar-refractivity contribution is -0.109. The molecule has 0 unspecified atom stereocenters. The lowest BCUT2D eigenvalue weighted by atomic mass is 10.1. The Kier molecular flexibility index (Phi) is 5.59. The molecule has 0 aliphatic rings. The first-order valence-corrected chi connectivity index (χ1v) is 7.30. The third-order valence-corrected chi connectivity index (χ3v) is 3.47. The molecular weight excluding hydrogens is 282 g/mol. The Balaban J connectivity index is 2.07. The molecule has 21 heavy (non-hydrogen) atoms. The van der Waals surface area contributed by atoms with Crippen LogP contribution in [0.15, 0.2) is 72.4 Å². The molecule has 0 heterocycles. The normalized spacial score (nSPS) is 12.8. The second kappa shape index (κ2) is 7.65. The first-order valence-electron chi connectivity index (χ1n) is 6.92. The van der Waals surface area contributed by atoms with E-state index in [0.717, 1.165) is 11.1 Å². The Hall–Kier alpha value is -2.06. The number of carbonyl (C=O) groups excluding carboxylic acids is 1. The van der Waals surface area contributed by atoms with Crippen molar-refractivity contribution in [2.45, 2.75) is 19.4 Å². The van der Waals surface area contributed by atoms with Gasteiger partial charge < -0.3 is 5.32 Å². The highest BCUT2D eigenvalue weighted by Crippen LogP contribution is 2.14. The molecule has 0 bridgehead atoms. The SMILES string of the molecule is C[C@@H](N/C(=C\Cc1ccccc1)C(=O)Cl)c1ccccc1. The molecule has 0 spiro atoms. The summed E-state index contributed by atoms with van der Waals surface area (Å²) in [5, 5.41) is 2.72. The molecule has 1 atom stereocenters. The molecular formula is C18H18ClNO. The first-order chi connectivity index (χ1) is 10.2. The fourth-order valence-electron chi connectivity index (χ4n) is 2.09. The van der Waals surface area contributed by atoms with Crippen LogP contribution in [-0.4, -0.2) is 5.24 Å². The summed E-state index contributed by atoms with van der Waals surface area (Å²) in [6, 6.07) is 19.9. The lowest BCUT2D eigenvalue weighted by Crippen LogP contribution is -2.21. The van der Waals surface area contributed by atoms with Crippen LogP contribution in [0.25, 0.3) is 0 Å². The third kappa shape index (κ3) is 4.76. The van der Waals surface area contributed by atoms with Gasteiger partial charge in [0.1, 0.15) is 0 Å². The van der Waals surface area contributed by atoms with Crippen LogP contribution in [-0.2, 0) is 11.2 Å². The summed E-state index contributed by atoms with van der Waals surface area (Å²) < 4.78 is 0. The second-order valence-electron chi connectivity index (χ2n) is 4.86. The van der Waals surface area contributed by atoms with E-state index in [2.05, 4.69) is 5.32 Å². The molecule has 0 amide bonds. The van der Waals surface area contributed by atoms with Crippen molar-refractivity contribution in [3.8, 4) is 0 Å². The monoisotopic (exact) mass is 299 g/mol. The number of rotatable bonds is 6. The van der Waals surface area contributed by atoms with Crippen molar-refractivity contribution >= 4 is 16.8 Å². The lowest BCUT2D eigenvalue weighted by Gasteiger charge is -2.16. The molecule has 108 valence electrons. The Morgan fingerprint density at radius 3 is 2.24 bits per heavy atom. The van der Waals surface area contributed by atoms with Crippen molar-refractivity contribution in [1.82, 2.24) is 5.32 Å². The van der Waals surface area contributed by atoms with Crippen molar-refractivity contribution in [1.29, 1.82) is 0 Å². The van der Waals surface area contributed by atoms with Gasteiger partial charge in [0, 0.05) is 6.04 Å². The number of halogens is 1. The van der Waals surface area contributed by atoms with Crippen LogP contribution in [0, 0.1) is 0 Å². The molecule has 2 aromatic rings. The minimum absolute atomic E-state index is 0.0240. The maximum absolute atomic E-state index is 11.6. The summed E-state index contributed by atoms with van der Waals surface area (Å²) in [5.41, 5.74) is 2.69. The third-order valence-electron chi connectivity index (χ3n) is 3.27. The van der Waals surface area contributed by atoms with Gasteiger partial charge in [0.05, 0.1) is 5.70 Å². The topological polar surface area (TPSA) is 29.1 Å². The van der Waals surface area contributed by atoms with E-state index < -0.39 is 5.24 Å². The van der Waals surface area contributed by atoms with Gasteiger partial charge in [-0.15, -0.1) is 0 Å². The van der Waals surface area contributed by atoms with Crippen molar-refractivity contribution in [2.75, 3.05) is 0 Å². The Morgan fingerprint density at radius 1 is 1.10 bits per heavy atom. The van der Waals surface area contributed by atoms with E-state index in [9.17, 15) is 4.79 Å². The minimum Gasteiger partial charge on any atom is -0.375 e.